The number of benzene rings is 1. The average molecular weight is 462 g/mol. The Kier molecular flexibility index (Phi) is 6.79. The Bertz CT molecular complexity index is 1160. The molecule has 1 aromatic carbocycles. The second kappa shape index (κ2) is 9.75. The molecule has 1 fully saturated rings. The summed E-state index contributed by atoms with van der Waals surface area (Å²) in [6, 6.07) is 15.9. The molecule has 0 spiro atoms. The Hall–Kier alpha value is -3.19. The molecule has 0 saturated carbocycles. The highest BCUT2D eigenvalue weighted by Gasteiger charge is 2.41. The third-order valence-corrected chi connectivity index (χ3v) is 6.68. The molecule has 2 aromatic heterocycles. The molecule has 0 radical (unpaired) electrons. The molecule has 1 amide bonds. The zero-order valence-electron chi connectivity index (χ0n) is 19.6. The van der Waals surface area contributed by atoms with Crippen LogP contribution in [0, 0.1) is 20.8 Å². The number of rotatable bonds is 7. The quantitative estimate of drug-likeness (QED) is 0.494. The van der Waals surface area contributed by atoms with E-state index in [0.717, 1.165) is 23.5 Å². The maximum Gasteiger partial charge on any atom is 0.226 e. The van der Waals surface area contributed by atoms with Gasteiger partial charge in [0.2, 0.25) is 5.91 Å². The summed E-state index contributed by atoms with van der Waals surface area (Å²) in [7, 11) is 0. The Morgan fingerprint density at radius 1 is 1.15 bits per heavy atom. The summed E-state index contributed by atoms with van der Waals surface area (Å²) in [5.74, 6) is -0.0255. The van der Waals surface area contributed by atoms with Crippen molar-refractivity contribution in [1.82, 2.24) is 19.8 Å². The molecule has 3 aromatic rings. The van der Waals surface area contributed by atoms with Crippen molar-refractivity contribution in [2.45, 2.75) is 52.7 Å². The molecule has 1 aliphatic heterocycles. The van der Waals surface area contributed by atoms with Gasteiger partial charge in [-0.3, -0.25) is 9.78 Å². The number of carbonyl (C=O) groups is 1. The van der Waals surface area contributed by atoms with Crippen molar-refractivity contribution in [2.24, 2.45) is 0 Å². The van der Waals surface area contributed by atoms with Crippen LogP contribution in [0.2, 0.25) is 0 Å². The minimum atomic E-state index is -0.0793. The second-order valence-electron chi connectivity index (χ2n) is 8.56. The smallest absolute Gasteiger partial charge is 0.226 e. The first-order valence-electron chi connectivity index (χ1n) is 11.4. The van der Waals surface area contributed by atoms with Crippen LogP contribution in [0.25, 0.3) is 0 Å². The lowest BCUT2D eigenvalue weighted by Gasteiger charge is -2.28. The molecule has 1 aliphatic rings. The molecule has 4 rings (SSSR count). The molecule has 172 valence electrons. The molecule has 6 nitrogen and oxygen atoms in total. The van der Waals surface area contributed by atoms with E-state index < -0.39 is 0 Å². The number of aryl methyl sites for hydroxylation is 2. The number of hydrogen-bond acceptors (Lipinski definition) is 3. The van der Waals surface area contributed by atoms with Crippen LogP contribution in [0.4, 0.5) is 5.69 Å². The standard InChI is InChI=1S/C26H31N5OS/c1-5-30-18(3)16-21(19(30)4)25-24(22-11-6-7-13-27-22)29-26(33)31(25)14-12-23(32)28-20-10-8-9-17(2)15-20/h6-11,13,15-16,24-25H,5,12,14H2,1-4H3,(H,28,32)(H,29,33)/t24-,25-/m1/s1. The van der Waals surface area contributed by atoms with Crippen molar-refractivity contribution in [3.05, 3.63) is 82.9 Å². The number of carbonyl (C=O) groups excluding carboxylic acids is 1. The fourth-order valence-electron chi connectivity index (χ4n) is 4.77. The third-order valence-electron chi connectivity index (χ3n) is 6.33. The summed E-state index contributed by atoms with van der Waals surface area (Å²) >= 11 is 5.75. The number of nitrogens with zero attached hydrogens (tertiary/aromatic N) is 3. The van der Waals surface area contributed by atoms with E-state index in [1.165, 1.54) is 17.0 Å². The molecule has 0 unspecified atom stereocenters. The highest BCUT2D eigenvalue weighted by molar-refractivity contribution is 7.80. The highest BCUT2D eigenvalue weighted by atomic mass is 32.1. The van der Waals surface area contributed by atoms with Crippen LogP contribution >= 0.6 is 12.2 Å². The van der Waals surface area contributed by atoms with Gasteiger partial charge in [0, 0.05) is 42.8 Å². The van der Waals surface area contributed by atoms with Crippen LogP contribution in [0.5, 0.6) is 0 Å². The van der Waals surface area contributed by atoms with Crippen molar-refractivity contribution in [3.8, 4) is 0 Å². The maximum atomic E-state index is 12.7. The van der Waals surface area contributed by atoms with E-state index in [-0.39, 0.29) is 18.0 Å². The molecule has 3 heterocycles. The van der Waals surface area contributed by atoms with Crippen molar-refractivity contribution < 1.29 is 4.79 Å². The molecule has 0 bridgehead atoms. The van der Waals surface area contributed by atoms with E-state index >= 15 is 0 Å². The van der Waals surface area contributed by atoms with Gasteiger partial charge < -0.3 is 20.1 Å². The van der Waals surface area contributed by atoms with Crippen LogP contribution in [-0.2, 0) is 11.3 Å². The van der Waals surface area contributed by atoms with Crippen molar-refractivity contribution in [3.63, 3.8) is 0 Å². The van der Waals surface area contributed by atoms with Crippen molar-refractivity contribution >= 4 is 28.9 Å². The number of hydrogen-bond donors (Lipinski definition) is 2. The third kappa shape index (κ3) is 4.78. The minimum Gasteiger partial charge on any atom is -0.352 e. The van der Waals surface area contributed by atoms with Crippen LogP contribution < -0.4 is 10.6 Å². The van der Waals surface area contributed by atoms with E-state index in [0.29, 0.717) is 18.1 Å². The van der Waals surface area contributed by atoms with Gasteiger partial charge in [-0.05, 0) is 81.4 Å². The monoisotopic (exact) mass is 461 g/mol. The Labute approximate surface area is 201 Å². The molecule has 0 aliphatic carbocycles. The molecule has 7 heteroatoms. The number of thiocarbonyl (C=S) groups is 1. The number of anilines is 1. The Balaban J connectivity index is 1.60. The van der Waals surface area contributed by atoms with E-state index in [2.05, 4.69) is 51.9 Å². The van der Waals surface area contributed by atoms with Crippen LogP contribution in [0.3, 0.4) is 0 Å². The average Bonchev–Trinajstić information content (AvgIpc) is 3.27. The number of pyridine rings is 1. The molecular weight excluding hydrogens is 430 g/mol. The van der Waals surface area contributed by atoms with Crippen LogP contribution in [0.15, 0.2) is 54.7 Å². The van der Waals surface area contributed by atoms with Crippen LogP contribution in [-0.4, -0.2) is 32.0 Å². The summed E-state index contributed by atoms with van der Waals surface area (Å²) in [5.41, 5.74) is 6.54. The first kappa shape index (κ1) is 23.0. The van der Waals surface area contributed by atoms with Gasteiger partial charge in [-0.15, -0.1) is 0 Å². The lowest BCUT2D eigenvalue weighted by Crippen LogP contribution is -2.32. The first-order chi connectivity index (χ1) is 15.9. The van der Waals surface area contributed by atoms with Gasteiger partial charge in [0.05, 0.1) is 17.8 Å². The van der Waals surface area contributed by atoms with E-state index in [1.807, 2.05) is 55.6 Å². The number of aromatic nitrogens is 2. The first-order valence-corrected chi connectivity index (χ1v) is 11.8. The fourth-order valence-corrected chi connectivity index (χ4v) is 5.10. The van der Waals surface area contributed by atoms with Gasteiger partial charge in [-0.2, -0.15) is 0 Å². The molecule has 1 saturated heterocycles. The van der Waals surface area contributed by atoms with Gasteiger partial charge >= 0.3 is 0 Å². The topological polar surface area (TPSA) is 62.2 Å². The zero-order valence-corrected chi connectivity index (χ0v) is 20.4. The molecular formula is C26H31N5OS. The number of nitrogens with one attached hydrogen (secondary N) is 2. The summed E-state index contributed by atoms with van der Waals surface area (Å²) in [5, 5.41) is 7.14. The van der Waals surface area contributed by atoms with Gasteiger partial charge in [0.25, 0.3) is 0 Å². The predicted molar refractivity (Wildman–Crippen MR) is 136 cm³/mol. The number of amides is 1. The largest absolute Gasteiger partial charge is 0.352 e. The van der Waals surface area contributed by atoms with Gasteiger partial charge in [0.1, 0.15) is 0 Å². The van der Waals surface area contributed by atoms with Crippen molar-refractivity contribution in [1.29, 1.82) is 0 Å². The Morgan fingerprint density at radius 2 is 1.97 bits per heavy atom. The zero-order chi connectivity index (χ0) is 23.5. The second-order valence-corrected chi connectivity index (χ2v) is 8.95. The van der Waals surface area contributed by atoms with Gasteiger partial charge in [-0.25, -0.2) is 0 Å². The van der Waals surface area contributed by atoms with Gasteiger partial charge in [-0.1, -0.05) is 18.2 Å². The minimum absolute atomic E-state index is 0.0255. The highest BCUT2D eigenvalue weighted by Crippen LogP contribution is 2.40. The molecule has 33 heavy (non-hydrogen) atoms. The lowest BCUT2D eigenvalue weighted by molar-refractivity contribution is -0.116. The van der Waals surface area contributed by atoms with E-state index in [9.17, 15) is 4.79 Å². The molecule has 2 N–H and O–H groups in total. The Morgan fingerprint density at radius 3 is 2.64 bits per heavy atom. The predicted octanol–water partition coefficient (Wildman–Crippen LogP) is 4.83. The van der Waals surface area contributed by atoms with E-state index in [1.54, 1.807) is 0 Å². The molecule has 2 atom stereocenters. The van der Waals surface area contributed by atoms with Crippen LogP contribution in [0.1, 0.15) is 53.6 Å². The summed E-state index contributed by atoms with van der Waals surface area (Å²) in [6.45, 7) is 9.90. The lowest BCUT2D eigenvalue weighted by atomic mass is 9.96. The van der Waals surface area contributed by atoms with Crippen molar-refractivity contribution in [2.75, 3.05) is 11.9 Å². The summed E-state index contributed by atoms with van der Waals surface area (Å²) < 4.78 is 2.31. The van der Waals surface area contributed by atoms with Gasteiger partial charge in [0.15, 0.2) is 5.11 Å². The normalized spacial score (nSPS) is 17.8. The fraction of sp³-hybridized carbons (Fsp3) is 0.346. The summed E-state index contributed by atoms with van der Waals surface area (Å²) in [4.78, 5) is 19.5. The maximum absolute atomic E-state index is 12.7. The summed E-state index contributed by atoms with van der Waals surface area (Å²) in [6.07, 6.45) is 2.15. The van der Waals surface area contributed by atoms with E-state index in [4.69, 9.17) is 12.2 Å². The SMILES string of the molecule is CCn1c(C)cc([C@@H]2[C@@H](c3ccccn3)NC(=S)N2CCC(=O)Nc2cccc(C)c2)c1C.